The quantitative estimate of drug-likeness (QED) is 0.899. The Kier molecular flexibility index (Phi) is 5.19. The number of ether oxygens (including phenoxy) is 1. The molecule has 25 heavy (non-hydrogen) atoms. The molecule has 0 aliphatic carbocycles. The molecule has 2 heterocycles. The largest absolute Gasteiger partial charge is 0.465 e. The van der Waals surface area contributed by atoms with E-state index in [2.05, 4.69) is 0 Å². The van der Waals surface area contributed by atoms with Gasteiger partial charge < -0.3 is 14.7 Å². The SMILES string of the molecule is O=C(O)N1CC[C@H](N(Cc2ccccc2C(F)(F)F)[C@@H]2CCOC2)C1. The van der Waals surface area contributed by atoms with Gasteiger partial charge in [0.05, 0.1) is 12.2 Å². The molecule has 3 rings (SSSR count). The molecule has 1 aromatic rings. The molecule has 0 unspecified atom stereocenters. The maximum Gasteiger partial charge on any atom is 0.416 e. The van der Waals surface area contributed by atoms with Gasteiger partial charge in [-0.15, -0.1) is 0 Å². The number of alkyl halides is 3. The summed E-state index contributed by atoms with van der Waals surface area (Å²) in [5.41, 5.74) is -0.414. The number of likely N-dealkylation sites (tertiary alicyclic amines) is 1. The van der Waals surface area contributed by atoms with Crippen molar-refractivity contribution in [3.63, 3.8) is 0 Å². The molecule has 0 aromatic heterocycles. The Bertz CT molecular complexity index is 617. The van der Waals surface area contributed by atoms with Crippen molar-refractivity contribution in [1.82, 2.24) is 9.80 Å². The molecule has 1 amide bonds. The number of nitrogens with zero attached hydrogens (tertiary/aromatic N) is 2. The molecule has 2 saturated heterocycles. The molecular weight excluding hydrogens is 337 g/mol. The molecule has 1 aromatic carbocycles. The number of rotatable bonds is 4. The predicted molar refractivity (Wildman–Crippen MR) is 84.2 cm³/mol. The van der Waals surface area contributed by atoms with Gasteiger partial charge in [-0.25, -0.2) is 4.79 Å². The lowest BCUT2D eigenvalue weighted by molar-refractivity contribution is -0.138. The molecule has 0 saturated carbocycles. The van der Waals surface area contributed by atoms with Gasteiger partial charge in [0.25, 0.3) is 0 Å². The number of halogens is 3. The van der Waals surface area contributed by atoms with Crippen LogP contribution < -0.4 is 0 Å². The monoisotopic (exact) mass is 358 g/mol. The van der Waals surface area contributed by atoms with Crippen LogP contribution >= 0.6 is 0 Å². The third kappa shape index (κ3) is 4.07. The normalized spacial score (nSPS) is 24.2. The summed E-state index contributed by atoms with van der Waals surface area (Å²) in [5.74, 6) is 0. The van der Waals surface area contributed by atoms with Gasteiger partial charge in [0.2, 0.25) is 0 Å². The van der Waals surface area contributed by atoms with Crippen molar-refractivity contribution < 1.29 is 27.8 Å². The minimum absolute atomic E-state index is 0.0139. The van der Waals surface area contributed by atoms with Crippen LogP contribution in [-0.4, -0.2) is 59.4 Å². The first-order chi connectivity index (χ1) is 11.9. The van der Waals surface area contributed by atoms with Gasteiger partial charge >= 0.3 is 12.3 Å². The van der Waals surface area contributed by atoms with E-state index in [1.54, 1.807) is 6.07 Å². The Morgan fingerprint density at radius 1 is 1.28 bits per heavy atom. The van der Waals surface area contributed by atoms with Crippen LogP contribution in [0.2, 0.25) is 0 Å². The first kappa shape index (κ1) is 18.0. The number of carbonyl (C=O) groups is 1. The highest BCUT2D eigenvalue weighted by molar-refractivity contribution is 5.65. The molecule has 2 fully saturated rings. The minimum atomic E-state index is -4.41. The van der Waals surface area contributed by atoms with Crippen LogP contribution in [-0.2, 0) is 17.5 Å². The van der Waals surface area contributed by atoms with Gasteiger partial charge in [-0.05, 0) is 24.5 Å². The molecule has 1 N–H and O–H groups in total. The van der Waals surface area contributed by atoms with Crippen molar-refractivity contribution in [3.05, 3.63) is 35.4 Å². The second kappa shape index (κ2) is 7.21. The maximum atomic E-state index is 13.3. The van der Waals surface area contributed by atoms with E-state index in [4.69, 9.17) is 9.84 Å². The van der Waals surface area contributed by atoms with E-state index in [0.29, 0.717) is 32.7 Å². The molecule has 2 aliphatic rings. The van der Waals surface area contributed by atoms with Crippen LogP contribution in [0.5, 0.6) is 0 Å². The Labute approximate surface area is 144 Å². The Morgan fingerprint density at radius 3 is 2.64 bits per heavy atom. The molecule has 0 spiro atoms. The second-order valence-corrected chi connectivity index (χ2v) is 6.52. The van der Waals surface area contributed by atoms with Gasteiger partial charge in [0.1, 0.15) is 0 Å². The first-order valence-corrected chi connectivity index (χ1v) is 8.32. The fraction of sp³-hybridized carbons (Fsp3) is 0.588. The van der Waals surface area contributed by atoms with Gasteiger partial charge in [-0.3, -0.25) is 4.90 Å². The van der Waals surface area contributed by atoms with Crippen molar-refractivity contribution in [2.45, 2.75) is 37.6 Å². The zero-order valence-electron chi connectivity index (χ0n) is 13.7. The van der Waals surface area contributed by atoms with E-state index >= 15 is 0 Å². The van der Waals surface area contributed by atoms with E-state index in [1.165, 1.54) is 17.0 Å². The van der Waals surface area contributed by atoms with Crippen LogP contribution in [0.15, 0.2) is 24.3 Å². The summed E-state index contributed by atoms with van der Waals surface area (Å²) in [7, 11) is 0. The minimum Gasteiger partial charge on any atom is -0.465 e. The van der Waals surface area contributed by atoms with E-state index in [1.807, 2.05) is 4.90 Å². The molecule has 2 aliphatic heterocycles. The fourth-order valence-corrected chi connectivity index (χ4v) is 3.66. The molecule has 0 radical (unpaired) electrons. The van der Waals surface area contributed by atoms with Crippen molar-refractivity contribution in [2.24, 2.45) is 0 Å². The number of benzene rings is 1. The van der Waals surface area contributed by atoms with Crippen LogP contribution in [0.1, 0.15) is 24.0 Å². The zero-order valence-corrected chi connectivity index (χ0v) is 13.7. The van der Waals surface area contributed by atoms with Crippen LogP contribution in [0.25, 0.3) is 0 Å². The third-order valence-electron chi connectivity index (χ3n) is 4.95. The zero-order chi connectivity index (χ0) is 18.0. The summed E-state index contributed by atoms with van der Waals surface area (Å²) in [4.78, 5) is 14.5. The second-order valence-electron chi connectivity index (χ2n) is 6.52. The van der Waals surface area contributed by atoms with Gasteiger partial charge in [-0.1, -0.05) is 18.2 Å². The highest BCUT2D eigenvalue weighted by Crippen LogP contribution is 2.34. The first-order valence-electron chi connectivity index (χ1n) is 8.32. The van der Waals surface area contributed by atoms with Crippen molar-refractivity contribution in [1.29, 1.82) is 0 Å². The van der Waals surface area contributed by atoms with Gasteiger partial charge in [0.15, 0.2) is 0 Å². The van der Waals surface area contributed by atoms with Crippen LogP contribution in [0.3, 0.4) is 0 Å². The number of hydrogen-bond acceptors (Lipinski definition) is 3. The average molecular weight is 358 g/mol. The number of amides is 1. The van der Waals surface area contributed by atoms with Gasteiger partial charge in [-0.2, -0.15) is 13.2 Å². The van der Waals surface area contributed by atoms with Crippen molar-refractivity contribution >= 4 is 6.09 Å². The third-order valence-corrected chi connectivity index (χ3v) is 4.95. The lowest BCUT2D eigenvalue weighted by Crippen LogP contribution is -2.45. The van der Waals surface area contributed by atoms with Crippen molar-refractivity contribution in [3.8, 4) is 0 Å². The number of hydrogen-bond donors (Lipinski definition) is 1. The predicted octanol–water partition coefficient (Wildman–Crippen LogP) is 3.05. The average Bonchev–Trinajstić information content (AvgIpc) is 3.24. The van der Waals surface area contributed by atoms with Crippen LogP contribution in [0, 0.1) is 0 Å². The molecular formula is C17H21F3N2O3. The topological polar surface area (TPSA) is 53.0 Å². The molecule has 8 heteroatoms. The highest BCUT2D eigenvalue weighted by atomic mass is 19.4. The van der Waals surface area contributed by atoms with Gasteiger partial charge in [0, 0.05) is 38.3 Å². The Hall–Kier alpha value is -1.80. The van der Waals surface area contributed by atoms with E-state index in [9.17, 15) is 18.0 Å². The van der Waals surface area contributed by atoms with E-state index in [0.717, 1.165) is 12.5 Å². The Balaban J connectivity index is 1.83. The maximum absolute atomic E-state index is 13.3. The van der Waals surface area contributed by atoms with Crippen LogP contribution in [0.4, 0.5) is 18.0 Å². The van der Waals surface area contributed by atoms with Crippen molar-refractivity contribution in [2.75, 3.05) is 26.3 Å². The number of carboxylic acid groups (broad SMARTS) is 1. The van der Waals surface area contributed by atoms with E-state index < -0.39 is 17.8 Å². The highest BCUT2D eigenvalue weighted by Gasteiger charge is 2.38. The molecule has 0 bridgehead atoms. The summed E-state index contributed by atoms with van der Waals surface area (Å²) in [6.07, 6.45) is -4.02. The molecule has 5 nitrogen and oxygen atoms in total. The summed E-state index contributed by atoms with van der Waals surface area (Å²) in [6, 6.07) is 5.50. The standard InChI is InChI=1S/C17H21F3N2O3/c18-17(19,20)15-4-2-1-3-12(15)9-22(14-6-8-25-11-14)13-5-7-21(10-13)16(23)24/h1-4,13-14H,5-11H2,(H,23,24)/t13-,14+/m0/s1. The van der Waals surface area contributed by atoms with E-state index in [-0.39, 0.29) is 24.2 Å². The summed E-state index contributed by atoms with van der Waals surface area (Å²) in [6.45, 7) is 1.92. The fourth-order valence-electron chi connectivity index (χ4n) is 3.66. The smallest absolute Gasteiger partial charge is 0.416 e. The Morgan fingerprint density at radius 2 is 2.04 bits per heavy atom. The summed E-state index contributed by atoms with van der Waals surface area (Å²) >= 11 is 0. The lowest BCUT2D eigenvalue weighted by Gasteiger charge is -2.34. The summed E-state index contributed by atoms with van der Waals surface area (Å²) in [5, 5.41) is 9.15. The molecule has 138 valence electrons. The summed E-state index contributed by atoms with van der Waals surface area (Å²) < 4.78 is 45.3. The molecule has 2 atom stereocenters. The lowest BCUT2D eigenvalue weighted by atomic mass is 10.0.